The number of aliphatic hydroxyl groups is 2. The number of nitrogens with one attached hydrogen (secondary N) is 10. The van der Waals surface area contributed by atoms with Gasteiger partial charge in [-0.2, -0.15) is 0 Å². The maximum absolute atomic E-state index is 14.3. The van der Waals surface area contributed by atoms with Gasteiger partial charge in [-0.1, -0.05) is 51.1 Å². The summed E-state index contributed by atoms with van der Waals surface area (Å²) in [6.45, 7) is 6.24. The molecule has 26 nitrogen and oxygen atoms in total. The third kappa shape index (κ3) is 21.2. The first-order valence-electron chi connectivity index (χ1n) is 24.2. The second-order valence-electron chi connectivity index (χ2n) is 18.2. The molecule has 2 rings (SSSR count). The Morgan fingerprint density at radius 2 is 1.11 bits per heavy atom. The highest BCUT2D eigenvalue weighted by Crippen LogP contribution is 2.11. The number of carbonyl (C=O) groups excluding carboxylic acids is 10. The zero-order chi connectivity index (χ0) is 54.1. The van der Waals surface area contributed by atoms with Crippen molar-refractivity contribution < 1.29 is 58.2 Å². The fraction of sp³-hybridized carbons (Fsp3) is 0.652. The normalized spacial score (nSPS) is 24.1. The Morgan fingerprint density at radius 1 is 0.625 bits per heavy atom. The van der Waals surface area contributed by atoms with Crippen LogP contribution in [0.1, 0.15) is 78.7 Å². The maximum Gasteiger partial charge on any atom is 0.245 e. The third-order valence-electron chi connectivity index (χ3n) is 11.5. The largest absolute Gasteiger partial charge is 0.391 e. The van der Waals surface area contributed by atoms with Crippen LogP contribution in [0.25, 0.3) is 0 Å². The number of amides is 10. The molecule has 1 aliphatic heterocycles. The van der Waals surface area contributed by atoms with Crippen LogP contribution < -0.4 is 76.1 Å². The minimum atomic E-state index is -1.64. The average Bonchev–Trinajstić information content (AvgIpc) is 3.32. The standard InChI is InChI=1S/C46H78N14O12/c1-24(2)21-33-43(69)56-29(12-17-48)39(65)55-31(14-19-50)42(68)60-36(26(4)61)45(71)51-20-15-32(53-35(63)23-52-46(72)37(27(5)62)59-38(64)25(3)11-16-47)41(67)54-30(13-18-49)40(66)58-34(44(70)57-33)22-28-9-7-6-8-10-28/h6-10,24-27,29-34,36-37,61-62H,11-23,47-50H2,1-5H3,(H,51,71)(H,52,72)(H,53,63)(H,54,67)(H,55,65)(H,56,69)(H,57,70)(H,58,66)(H,59,64)(H,60,68)/t25-,26+,27+,29-,30-,31-,32-,33-,34+,36-,37-/m0/s1. The van der Waals surface area contributed by atoms with Crippen LogP contribution in [0, 0.1) is 11.8 Å². The summed E-state index contributed by atoms with van der Waals surface area (Å²) >= 11 is 0. The molecule has 0 radical (unpaired) electrons. The molecule has 1 saturated heterocycles. The van der Waals surface area contributed by atoms with Crippen molar-refractivity contribution in [3.8, 4) is 0 Å². The highest BCUT2D eigenvalue weighted by Gasteiger charge is 2.36. The molecular weight excluding hydrogens is 941 g/mol. The van der Waals surface area contributed by atoms with Gasteiger partial charge in [0.25, 0.3) is 0 Å². The smallest absolute Gasteiger partial charge is 0.245 e. The summed E-state index contributed by atoms with van der Waals surface area (Å²) in [5.74, 6) is -9.46. The van der Waals surface area contributed by atoms with Crippen LogP contribution in [-0.2, 0) is 54.4 Å². The molecule has 404 valence electrons. The van der Waals surface area contributed by atoms with E-state index >= 15 is 0 Å². The molecule has 10 amide bonds. The molecule has 0 saturated carbocycles. The topological polar surface area (TPSA) is 436 Å². The summed E-state index contributed by atoms with van der Waals surface area (Å²) < 4.78 is 0. The van der Waals surface area contributed by atoms with E-state index in [1.165, 1.54) is 13.8 Å². The molecule has 0 bridgehead atoms. The van der Waals surface area contributed by atoms with Crippen molar-refractivity contribution >= 4 is 59.1 Å². The molecule has 0 spiro atoms. The Kier molecular flexibility index (Phi) is 27.4. The number of benzene rings is 1. The van der Waals surface area contributed by atoms with Crippen LogP contribution in [0.4, 0.5) is 0 Å². The Balaban J connectivity index is 2.65. The summed E-state index contributed by atoms with van der Waals surface area (Å²) in [5.41, 5.74) is 23.7. The van der Waals surface area contributed by atoms with E-state index in [0.29, 0.717) is 12.0 Å². The van der Waals surface area contributed by atoms with Gasteiger partial charge in [0.05, 0.1) is 18.8 Å². The summed E-state index contributed by atoms with van der Waals surface area (Å²) in [6.07, 6.45) is -3.51. The lowest BCUT2D eigenvalue weighted by atomic mass is 10.00. The summed E-state index contributed by atoms with van der Waals surface area (Å²) in [5, 5.41) is 46.0. The molecular formula is C46H78N14O12. The molecule has 20 N–H and O–H groups in total. The Hall–Kier alpha value is -6.32. The number of nitrogens with two attached hydrogens (primary N) is 4. The lowest BCUT2D eigenvalue weighted by molar-refractivity contribution is -0.136. The van der Waals surface area contributed by atoms with Gasteiger partial charge in [-0.05, 0) is 90.0 Å². The predicted molar refractivity (Wildman–Crippen MR) is 263 cm³/mol. The van der Waals surface area contributed by atoms with Crippen molar-refractivity contribution in [2.45, 2.75) is 140 Å². The van der Waals surface area contributed by atoms with E-state index in [2.05, 4.69) is 53.2 Å². The van der Waals surface area contributed by atoms with Gasteiger partial charge in [0, 0.05) is 18.9 Å². The molecule has 11 atom stereocenters. The van der Waals surface area contributed by atoms with Crippen molar-refractivity contribution in [3.63, 3.8) is 0 Å². The van der Waals surface area contributed by atoms with Gasteiger partial charge in [-0.3, -0.25) is 47.9 Å². The van der Waals surface area contributed by atoms with E-state index in [4.69, 9.17) is 22.9 Å². The minimum absolute atomic E-state index is 0.0659. The quantitative estimate of drug-likeness (QED) is 0.0578. The summed E-state index contributed by atoms with van der Waals surface area (Å²) in [4.78, 5) is 137. The molecule has 1 aliphatic rings. The van der Waals surface area contributed by atoms with Gasteiger partial charge < -0.3 is 86.3 Å². The first-order chi connectivity index (χ1) is 34.1. The second-order valence-corrected chi connectivity index (χ2v) is 18.2. The molecule has 1 aromatic carbocycles. The molecule has 26 heteroatoms. The van der Waals surface area contributed by atoms with E-state index < -0.39 is 145 Å². The maximum atomic E-state index is 14.3. The number of aliphatic hydroxyl groups excluding tert-OH is 2. The van der Waals surface area contributed by atoms with Crippen LogP contribution in [0.3, 0.4) is 0 Å². The van der Waals surface area contributed by atoms with Gasteiger partial charge in [0.2, 0.25) is 59.1 Å². The van der Waals surface area contributed by atoms with Crippen LogP contribution in [0.2, 0.25) is 0 Å². The molecule has 1 aromatic rings. The Labute approximate surface area is 419 Å². The molecule has 0 aromatic heterocycles. The van der Waals surface area contributed by atoms with E-state index in [-0.39, 0.29) is 64.2 Å². The molecule has 0 unspecified atom stereocenters. The highest BCUT2D eigenvalue weighted by molar-refractivity contribution is 5.98. The lowest BCUT2D eigenvalue weighted by Gasteiger charge is -2.28. The molecule has 1 heterocycles. The van der Waals surface area contributed by atoms with Crippen LogP contribution in [0.5, 0.6) is 0 Å². The van der Waals surface area contributed by atoms with Crippen LogP contribution in [0.15, 0.2) is 30.3 Å². The first kappa shape index (κ1) is 61.8. The second kappa shape index (κ2) is 31.9. The van der Waals surface area contributed by atoms with E-state index in [1.54, 1.807) is 51.1 Å². The van der Waals surface area contributed by atoms with E-state index in [0.717, 1.165) is 0 Å². The number of rotatable bonds is 20. The van der Waals surface area contributed by atoms with Gasteiger partial charge in [0.1, 0.15) is 48.3 Å². The van der Waals surface area contributed by atoms with E-state index in [9.17, 15) is 58.2 Å². The van der Waals surface area contributed by atoms with Crippen molar-refractivity contribution in [2.75, 3.05) is 39.3 Å². The van der Waals surface area contributed by atoms with Crippen LogP contribution in [-0.4, -0.2) is 169 Å². The fourth-order valence-corrected chi connectivity index (χ4v) is 7.41. The van der Waals surface area contributed by atoms with Gasteiger partial charge in [-0.15, -0.1) is 0 Å². The van der Waals surface area contributed by atoms with Gasteiger partial charge in [-0.25, -0.2) is 0 Å². The summed E-state index contributed by atoms with van der Waals surface area (Å²) in [7, 11) is 0. The minimum Gasteiger partial charge on any atom is -0.391 e. The predicted octanol–water partition coefficient (Wildman–Crippen LogP) is -6.42. The van der Waals surface area contributed by atoms with Gasteiger partial charge >= 0.3 is 0 Å². The monoisotopic (exact) mass is 1020 g/mol. The number of hydrogen-bond acceptors (Lipinski definition) is 16. The number of carbonyl (C=O) groups is 10. The van der Waals surface area contributed by atoms with Crippen LogP contribution >= 0.6 is 0 Å². The Bertz CT molecular complexity index is 1980. The number of hydrogen-bond donors (Lipinski definition) is 16. The summed E-state index contributed by atoms with van der Waals surface area (Å²) in [6, 6.07) is -2.90. The van der Waals surface area contributed by atoms with Crippen molar-refractivity contribution in [1.29, 1.82) is 0 Å². The van der Waals surface area contributed by atoms with Gasteiger partial charge in [0.15, 0.2) is 0 Å². The third-order valence-corrected chi connectivity index (χ3v) is 11.5. The van der Waals surface area contributed by atoms with Crippen molar-refractivity contribution in [1.82, 2.24) is 53.2 Å². The lowest BCUT2D eigenvalue weighted by Crippen LogP contribution is -2.61. The molecule has 0 aliphatic carbocycles. The molecule has 72 heavy (non-hydrogen) atoms. The zero-order valence-corrected chi connectivity index (χ0v) is 41.8. The first-order valence-corrected chi connectivity index (χ1v) is 24.2. The fourth-order valence-electron chi connectivity index (χ4n) is 7.41. The van der Waals surface area contributed by atoms with E-state index in [1.807, 2.05) is 0 Å². The SMILES string of the molecule is CC(C)C[C@@H]1NC(=O)[C@@H](Cc2ccccc2)NC(=O)[C@H](CCN)NC(=O)[C@@H](NC(=O)CNC(=O)[C@@H](NC(=O)[C@@H](C)CCN)[C@@H](C)O)CCNC(=O)[C@H]([C@@H](C)O)NC(=O)[C@H](CCN)NC(=O)[C@H](CCN)NC1=O. The zero-order valence-electron chi connectivity index (χ0n) is 41.8. The molecule has 1 fully saturated rings. The highest BCUT2D eigenvalue weighted by atomic mass is 16.3. The van der Waals surface area contributed by atoms with Crippen molar-refractivity contribution in [3.05, 3.63) is 35.9 Å². The van der Waals surface area contributed by atoms with Crippen molar-refractivity contribution in [2.24, 2.45) is 34.8 Å². The Morgan fingerprint density at radius 3 is 1.61 bits per heavy atom. The average molecular weight is 1020 g/mol.